The standard InChI is InChI=1S/C23H25N7O.ClH/c1-2-3-9-21-24-14-18(15-31)22(26-21)25-13-16-10-11-19(17-7-5-4-6-8-17)20(12-16)23-27-29-30-28-23;/h4-8,10-12,14,31H,2-3,9,13,15H2,1H3,(H,24,25,26)(H,27,28,29,30);1H. The van der Waals surface area contributed by atoms with Crippen molar-refractivity contribution in [3.05, 3.63) is 71.7 Å². The zero-order chi connectivity index (χ0) is 21.5. The Balaban J connectivity index is 0.00000289. The number of unbranched alkanes of at least 4 members (excludes halogenated alkanes) is 1. The lowest BCUT2D eigenvalue weighted by Crippen LogP contribution is -2.08. The average molecular weight is 452 g/mol. The Kier molecular flexibility index (Phi) is 8.24. The molecule has 0 aliphatic rings. The Morgan fingerprint density at radius 1 is 1.06 bits per heavy atom. The first-order chi connectivity index (χ1) is 15.3. The predicted octanol–water partition coefficient (Wildman–Crippen LogP) is 4.19. The van der Waals surface area contributed by atoms with E-state index >= 15 is 0 Å². The molecule has 3 N–H and O–H groups in total. The Bertz CT molecular complexity index is 1120. The van der Waals surface area contributed by atoms with Crippen LogP contribution in [0.4, 0.5) is 5.82 Å². The van der Waals surface area contributed by atoms with Gasteiger partial charge in [0.1, 0.15) is 11.6 Å². The maximum Gasteiger partial charge on any atom is 0.180 e. The summed E-state index contributed by atoms with van der Waals surface area (Å²) in [4.78, 5) is 8.97. The average Bonchev–Trinajstić information content (AvgIpc) is 3.37. The minimum atomic E-state index is -0.113. The Labute approximate surface area is 193 Å². The third-order valence-corrected chi connectivity index (χ3v) is 5.07. The molecule has 166 valence electrons. The molecule has 32 heavy (non-hydrogen) atoms. The molecule has 4 aromatic rings. The number of rotatable bonds is 9. The highest BCUT2D eigenvalue weighted by atomic mass is 35.5. The number of aliphatic hydroxyl groups excluding tert-OH is 1. The fraction of sp³-hybridized carbons (Fsp3) is 0.261. The fourth-order valence-corrected chi connectivity index (χ4v) is 3.39. The maximum atomic E-state index is 9.67. The summed E-state index contributed by atoms with van der Waals surface area (Å²) in [6.45, 7) is 2.57. The first kappa shape index (κ1) is 23.3. The van der Waals surface area contributed by atoms with Crippen molar-refractivity contribution in [3.63, 3.8) is 0 Å². The number of nitrogens with zero attached hydrogens (tertiary/aromatic N) is 5. The van der Waals surface area contributed by atoms with Crippen molar-refractivity contribution in [2.24, 2.45) is 0 Å². The van der Waals surface area contributed by atoms with Crippen LogP contribution in [0.15, 0.2) is 54.7 Å². The van der Waals surface area contributed by atoms with Crippen LogP contribution in [0.1, 0.15) is 36.7 Å². The van der Waals surface area contributed by atoms with E-state index in [1.807, 2.05) is 18.2 Å². The van der Waals surface area contributed by atoms with Crippen LogP contribution in [-0.2, 0) is 19.6 Å². The van der Waals surface area contributed by atoms with Crippen molar-refractivity contribution in [1.29, 1.82) is 0 Å². The minimum absolute atomic E-state index is 0. The number of nitrogens with one attached hydrogen (secondary N) is 2. The molecule has 0 atom stereocenters. The lowest BCUT2D eigenvalue weighted by molar-refractivity contribution is 0.281. The second kappa shape index (κ2) is 11.3. The van der Waals surface area contributed by atoms with Crippen LogP contribution in [0, 0.1) is 0 Å². The quantitative estimate of drug-likeness (QED) is 0.349. The van der Waals surface area contributed by atoms with E-state index in [0.717, 1.165) is 47.3 Å². The Morgan fingerprint density at radius 2 is 1.91 bits per heavy atom. The zero-order valence-electron chi connectivity index (χ0n) is 17.8. The molecule has 0 bridgehead atoms. The summed E-state index contributed by atoms with van der Waals surface area (Å²) in [5.41, 5.74) is 4.78. The molecule has 0 aliphatic heterocycles. The lowest BCUT2D eigenvalue weighted by atomic mass is 9.97. The molecule has 4 rings (SSSR count). The zero-order valence-corrected chi connectivity index (χ0v) is 18.6. The molecule has 0 amide bonds. The molecule has 2 heterocycles. The molecule has 0 saturated heterocycles. The summed E-state index contributed by atoms with van der Waals surface area (Å²) in [7, 11) is 0. The van der Waals surface area contributed by atoms with Crippen LogP contribution in [0.5, 0.6) is 0 Å². The Morgan fingerprint density at radius 3 is 2.62 bits per heavy atom. The third kappa shape index (κ3) is 5.46. The Hall–Kier alpha value is -3.36. The van der Waals surface area contributed by atoms with Gasteiger partial charge in [-0.05, 0) is 39.6 Å². The second-order valence-corrected chi connectivity index (χ2v) is 7.27. The van der Waals surface area contributed by atoms with E-state index < -0.39 is 0 Å². The van der Waals surface area contributed by atoms with E-state index in [1.165, 1.54) is 0 Å². The fourth-order valence-electron chi connectivity index (χ4n) is 3.39. The van der Waals surface area contributed by atoms with Crippen LogP contribution < -0.4 is 5.32 Å². The second-order valence-electron chi connectivity index (χ2n) is 7.27. The van der Waals surface area contributed by atoms with Crippen molar-refractivity contribution in [2.75, 3.05) is 5.32 Å². The van der Waals surface area contributed by atoms with Gasteiger partial charge >= 0.3 is 0 Å². The van der Waals surface area contributed by atoms with Crippen molar-refractivity contribution < 1.29 is 5.11 Å². The number of aromatic nitrogens is 6. The van der Waals surface area contributed by atoms with Gasteiger partial charge in [0.15, 0.2) is 5.82 Å². The summed E-state index contributed by atoms with van der Waals surface area (Å²) in [6.07, 6.45) is 4.64. The van der Waals surface area contributed by atoms with Crippen molar-refractivity contribution in [2.45, 2.75) is 39.3 Å². The molecule has 9 heteroatoms. The van der Waals surface area contributed by atoms with Crippen LogP contribution in [0.25, 0.3) is 22.5 Å². The molecular formula is C23H26ClN7O. The normalized spacial score (nSPS) is 10.6. The van der Waals surface area contributed by atoms with Crippen LogP contribution in [0.2, 0.25) is 0 Å². The number of benzene rings is 2. The van der Waals surface area contributed by atoms with E-state index in [-0.39, 0.29) is 19.0 Å². The number of hydrogen-bond acceptors (Lipinski definition) is 7. The van der Waals surface area contributed by atoms with Gasteiger partial charge in [0, 0.05) is 30.3 Å². The molecule has 0 aliphatic carbocycles. The summed E-state index contributed by atoms with van der Waals surface area (Å²) >= 11 is 0. The van der Waals surface area contributed by atoms with E-state index in [2.05, 4.69) is 73.2 Å². The van der Waals surface area contributed by atoms with Gasteiger partial charge in [-0.1, -0.05) is 55.8 Å². The first-order valence-electron chi connectivity index (χ1n) is 10.4. The molecule has 0 spiro atoms. The van der Waals surface area contributed by atoms with E-state index in [4.69, 9.17) is 0 Å². The summed E-state index contributed by atoms with van der Waals surface area (Å²) in [5, 5.41) is 27.5. The monoisotopic (exact) mass is 451 g/mol. The number of aryl methyl sites for hydroxylation is 1. The maximum absolute atomic E-state index is 9.67. The highest BCUT2D eigenvalue weighted by Crippen LogP contribution is 2.31. The number of aliphatic hydroxyl groups is 1. The van der Waals surface area contributed by atoms with Gasteiger partial charge in [-0.25, -0.2) is 15.1 Å². The molecule has 2 aromatic heterocycles. The number of aromatic amines is 1. The van der Waals surface area contributed by atoms with Gasteiger partial charge in [-0.15, -0.1) is 17.5 Å². The molecule has 2 aromatic carbocycles. The highest BCUT2D eigenvalue weighted by Gasteiger charge is 2.13. The molecule has 0 saturated carbocycles. The van der Waals surface area contributed by atoms with E-state index in [0.29, 0.717) is 23.8 Å². The van der Waals surface area contributed by atoms with Crippen molar-refractivity contribution >= 4 is 18.2 Å². The third-order valence-electron chi connectivity index (χ3n) is 5.07. The summed E-state index contributed by atoms with van der Waals surface area (Å²) < 4.78 is 0. The van der Waals surface area contributed by atoms with Crippen molar-refractivity contribution in [3.8, 4) is 22.5 Å². The SMILES string of the molecule is CCCCc1ncc(CO)c(NCc2ccc(-c3ccccc3)c(-c3nnn[nH]3)c2)n1.Cl. The lowest BCUT2D eigenvalue weighted by Gasteiger charge is -2.13. The van der Waals surface area contributed by atoms with Crippen LogP contribution in [-0.4, -0.2) is 35.7 Å². The first-order valence-corrected chi connectivity index (χ1v) is 10.4. The molecular weight excluding hydrogens is 426 g/mol. The van der Waals surface area contributed by atoms with Gasteiger partial charge in [0.2, 0.25) is 0 Å². The topological polar surface area (TPSA) is 113 Å². The highest BCUT2D eigenvalue weighted by molar-refractivity contribution is 5.85. The van der Waals surface area contributed by atoms with E-state index in [9.17, 15) is 5.11 Å². The molecule has 8 nitrogen and oxygen atoms in total. The summed E-state index contributed by atoms with van der Waals surface area (Å²) in [6, 6.07) is 16.3. The summed E-state index contributed by atoms with van der Waals surface area (Å²) in [5.74, 6) is 2.06. The van der Waals surface area contributed by atoms with E-state index in [1.54, 1.807) is 6.20 Å². The molecule has 0 fully saturated rings. The number of tetrazole rings is 1. The smallest absolute Gasteiger partial charge is 0.180 e. The molecule has 0 unspecified atom stereocenters. The van der Waals surface area contributed by atoms with Crippen molar-refractivity contribution in [1.82, 2.24) is 30.6 Å². The molecule has 0 radical (unpaired) electrons. The van der Waals surface area contributed by atoms with Gasteiger partial charge < -0.3 is 10.4 Å². The van der Waals surface area contributed by atoms with Crippen LogP contribution in [0.3, 0.4) is 0 Å². The minimum Gasteiger partial charge on any atom is -0.391 e. The van der Waals surface area contributed by atoms with Gasteiger partial charge in [0.25, 0.3) is 0 Å². The van der Waals surface area contributed by atoms with Gasteiger partial charge in [-0.2, -0.15) is 0 Å². The largest absolute Gasteiger partial charge is 0.391 e. The predicted molar refractivity (Wildman–Crippen MR) is 126 cm³/mol. The number of hydrogen-bond donors (Lipinski definition) is 3. The number of H-pyrrole nitrogens is 1. The van der Waals surface area contributed by atoms with Gasteiger partial charge in [-0.3, -0.25) is 0 Å². The van der Waals surface area contributed by atoms with Crippen LogP contribution >= 0.6 is 12.4 Å². The van der Waals surface area contributed by atoms with Gasteiger partial charge in [0.05, 0.1) is 6.61 Å². The number of halogens is 1. The number of anilines is 1.